The molecule has 1 amide bonds. The minimum Gasteiger partial charge on any atom is -0.368 e. The Morgan fingerprint density at radius 1 is 1.33 bits per heavy atom. The van der Waals surface area contributed by atoms with E-state index in [4.69, 9.17) is 5.73 Å². The number of nitrogens with one attached hydrogen (secondary N) is 1. The summed E-state index contributed by atoms with van der Waals surface area (Å²) in [7, 11) is 0. The lowest BCUT2D eigenvalue weighted by Gasteiger charge is -2.28. The van der Waals surface area contributed by atoms with Gasteiger partial charge in [-0.05, 0) is 17.5 Å². The van der Waals surface area contributed by atoms with E-state index in [1.54, 1.807) is 6.20 Å². The molecule has 2 aromatic rings. The second-order valence-corrected chi connectivity index (χ2v) is 6.21. The summed E-state index contributed by atoms with van der Waals surface area (Å²) < 4.78 is 1.81. The average molecular weight is 286 g/mol. The molecule has 0 fully saturated rings. The second-order valence-electron chi connectivity index (χ2n) is 6.21. The standard InChI is InChI=1S/C16H22N4O/c1-16(2,3)14(15(17)21)18-9-12-10-19-20(11-12)13-7-5-4-6-8-13/h4-8,10-11,14,18H,9H2,1-3H3,(H2,17,21). The number of hydrogen-bond acceptors (Lipinski definition) is 3. The summed E-state index contributed by atoms with van der Waals surface area (Å²) in [5, 5.41) is 7.54. The van der Waals surface area contributed by atoms with E-state index in [2.05, 4.69) is 10.4 Å². The molecule has 2 rings (SSSR count). The molecule has 0 spiro atoms. The van der Waals surface area contributed by atoms with Crippen LogP contribution in [0.5, 0.6) is 0 Å². The van der Waals surface area contributed by atoms with Gasteiger partial charge in [-0.15, -0.1) is 0 Å². The Labute approximate surface area is 125 Å². The molecular formula is C16H22N4O. The van der Waals surface area contributed by atoms with Gasteiger partial charge in [-0.2, -0.15) is 5.10 Å². The molecule has 21 heavy (non-hydrogen) atoms. The topological polar surface area (TPSA) is 72.9 Å². The highest BCUT2D eigenvalue weighted by Crippen LogP contribution is 2.19. The van der Waals surface area contributed by atoms with Crippen LogP contribution in [-0.2, 0) is 11.3 Å². The van der Waals surface area contributed by atoms with Crippen molar-refractivity contribution in [2.45, 2.75) is 33.4 Å². The number of rotatable bonds is 5. The van der Waals surface area contributed by atoms with Crippen molar-refractivity contribution in [3.63, 3.8) is 0 Å². The first-order valence-corrected chi connectivity index (χ1v) is 6.99. The number of nitrogens with two attached hydrogens (primary N) is 1. The third-order valence-corrected chi connectivity index (χ3v) is 3.32. The van der Waals surface area contributed by atoms with Gasteiger partial charge in [-0.3, -0.25) is 4.79 Å². The summed E-state index contributed by atoms with van der Waals surface area (Å²) in [5.74, 6) is -0.335. The van der Waals surface area contributed by atoms with E-state index in [-0.39, 0.29) is 17.4 Å². The lowest BCUT2D eigenvalue weighted by atomic mass is 9.86. The first kappa shape index (κ1) is 15.3. The Morgan fingerprint density at radius 2 is 2.00 bits per heavy atom. The van der Waals surface area contributed by atoms with Gasteiger partial charge in [0.15, 0.2) is 0 Å². The van der Waals surface area contributed by atoms with Crippen LogP contribution in [-0.4, -0.2) is 21.7 Å². The predicted molar refractivity (Wildman–Crippen MR) is 82.8 cm³/mol. The Hall–Kier alpha value is -2.14. The van der Waals surface area contributed by atoms with Crippen molar-refractivity contribution in [2.75, 3.05) is 0 Å². The zero-order valence-electron chi connectivity index (χ0n) is 12.7. The van der Waals surface area contributed by atoms with Crippen LogP contribution in [0.3, 0.4) is 0 Å². The van der Waals surface area contributed by atoms with Gasteiger partial charge in [0.2, 0.25) is 5.91 Å². The van der Waals surface area contributed by atoms with Crippen LogP contribution < -0.4 is 11.1 Å². The van der Waals surface area contributed by atoms with Crippen molar-refractivity contribution >= 4 is 5.91 Å². The zero-order valence-corrected chi connectivity index (χ0v) is 12.7. The summed E-state index contributed by atoms with van der Waals surface area (Å²) in [6, 6.07) is 9.51. The van der Waals surface area contributed by atoms with E-state index < -0.39 is 0 Å². The van der Waals surface area contributed by atoms with Gasteiger partial charge in [-0.1, -0.05) is 39.0 Å². The molecule has 1 heterocycles. The fourth-order valence-corrected chi connectivity index (χ4v) is 2.23. The first-order chi connectivity index (χ1) is 9.88. The highest BCUT2D eigenvalue weighted by Gasteiger charge is 2.28. The normalized spacial score (nSPS) is 13.1. The molecule has 0 bridgehead atoms. The number of para-hydroxylation sites is 1. The van der Waals surface area contributed by atoms with Crippen LogP contribution in [0.25, 0.3) is 5.69 Å². The van der Waals surface area contributed by atoms with Crippen LogP contribution in [0.2, 0.25) is 0 Å². The smallest absolute Gasteiger partial charge is 0.235 e. The molecule has 0 aliphatic heterocycles. The maximum Gasteiger partial charge on any atom is 0.235 e. The quantitative estimate of drug-likeness (QED) is 0.881. The molecule has 0 radical (unpaired) electrons. The number of aromatic nitrogens is 2. The summed E-state index contributed by atoms with van der Waals surface area (Å²) >= 11 is 0. The number of hydrogen-bond donors (Lipinski definition) is 2. The Balaban J connectivity index is 2.05. The highest BCUT2D eigenvalue weighted by atomic mass is 16.1. The molecule has 1 aromatic carbocycles. The molecule has 5 heteroatoms. The fourth-order valence-electron chi connectivity index (χ4n) is 2.23. The number of primary amides is 1. The largest absolute Gasteiger partial charge is 0.368 e. The minimum absolute atomic E-state index is 0.221. The van der Waals surface area contributed by atoms with Crippen LogP contribution in [0.4, 0.5) is 0 Å². The number of carbonyl (C=O) groups excluding carboxylic acids is 1. The summed E-state index contributed by atoms with van der Waals surface area (Å²) in [6.45, 7) is 6.52. The first-order valence-electron chi connectivity index (χ1n) is 6.99. The number of benzene rings is 1. The molecule has 1 aromatic heterocycles. The van der Waals surface area contributed by atoms with E-state index >= 15 is 0 Å². The Kier molecular flexibility index (Phi) is 4.43. The van der Waals surface area contributed by atoms with Crippen molar-refractivity contribution in [3.8, 4) is 5.69 Å². The van der Waals surface area contributed by atoms with Gasteiger partial charge in [0.25, 0.3) is 0 Å². The zero-order chi connectivity index (χ0) is 15.5. The van der Waals surface area contributed by atoms with Crippen molar-refractivity contribution in [2.24, 2.45) is 11.1 Å². The molecule has 0 aliphatic carbocycles. The van der Waals surface area contributed by atoms with Crippen LogP contribution in [0, 0.1) is 5.41 Å². The van der Waals surface area contributed by atoms with Crippen molar-refractivity contribution in [1.82, 2.24) is 15.1 Å². The van der Waals surface area contributed by atoms with Gasteiger partial charge in [0, 0.05) is 18.3 Å². The van der Waals surface area contributed by atoms with E-state index in [1.807, 2.05) is 62.0 Å². The summed E-state index contributed by atoms with van der Waals surface area (Å²) in [4.78, 5) is 11.5. The third kappa shape index (κ3) is 3.92. The van der Waals surface area contributed by atoms with Gasteiger partial charge in [0.05, 0.1) is 17.9 Å². The monoisotopic (exact) mass is 286 g/mol. The summed E-state index contributed by atoms with van der Waals surface area (Å²) in [6.07, 6.45) is 3.74. The molecule has 5 nitrogen and oxygen atoms in total. The molecule has 1 unspecified atom stereocenters. The maximum absolute atomic E-state index is 11.5. The van der Waals surface area contributed by atoms with E-state index in [0.29, 0.717) is 6.54 Å². The van der Waals surface area contributed by atoms with E-state index in [0.717, 1.165) is 11.3 Å². The molecule has 0 saturated carbocycles. The van der Waals surface area contributed by atoms with Crippen molar-refractivity contribution in [1.29, 1.82) is 0 Å². The summed E-state index contributed by atoms with van der Waals surface area (Å²) in [5.41, 5.74) is 7.25. The van der Waals surface area contributed by atoms with Crippen LogP contribution in [0.1, 0.15) is 26.3 Å². The lowest BCUT2D eigenvalue weighted by molar-refractivity contribution is -0.122. The molecular weight excluding hydrogens is 264 g/mol. The molecule has 3 N–H and O–H groups in total. The molecule has 0 aliphatic rings. The van der Waals surface area contributed by atoms with Gasteiger partial charge < -0.3 is 11.1 Å². The van der Waals surface area contributed by atoms with E-state index in [9.17, 15) is 4.79 Å². The molecule has 0 saturated heterocycles. The third-order valence-electron chi connectivity index (χ3n) is 3.32. The van der Waals surface area contributed by atoms with Gasteiger partial charge in [0.1, 0.15) is 0 Å². The van der Waals surface area contributed by atoms with Crippen molar-refractivity contribution in [3.05, 3.63) is 48.3 Å². The number of carbonyl (C=O) groups is 1. The molecule has 1 atom stereocenters. The van der Waals surface area contributed by atoms with Crippen molar-refractivity contribution < 1.29 is 4.79 Å². The molecule has 112 valence electrons. The second kappa shape index (κ2) is 6.10. The predicted octanol–water partition coefficient (Wildman–Crippen LogP) is 1.86. The van der Waals surface area contributed by atoms with Gasteiger partial charge in [-0.25, -0.2) is 4.68 Å². The van der Waals surface area contributed by atoms with E-state index in [1.165, 1.54) is 0 Å². The Bertz CT molecular complexity index is 598. The minimum atomic E-state index is -0.377. The fraction of sp³-hybridized carbons (Fsp3) is 0.375. The van der Waals surface area contributed by atoms with Crippen LogP contribution in [0.15, 0.2) is 42.7 Å². The van der Waals surface area contributed by atoms with Crippen LogP contribution >= 0.6 is 0 Å². The highest BCUT2D eigenvalue weighted by molar-refractivity contribution is 5.80. The lowest BCUT2D eigenvalue weighted by Crippen LogP contribution is -2.49. The maximum atomic E-state index is 11.5. The average Bonchev–Trinajstić information content (AvgIpc) is 2.87. The SMILES string of the molecule is CC(C)(C)C(NCc1cnn(-c2ccccc2)c1)C(N)=O. The number of amides is 1. The number of nitrogens with zero attached hydrogens (tertiary/aromatic N) is 2. The Morgan fingerprint density at radius 3 is 2.57 bits per heavy atom. The van der Waals surface area contributed by atoms with Gasteiger partial charge >= 0.3 is 0 Å².